The van der Waals surface area contributed by atoms with Gasteiger partial charge in [-0.25, -0.2) is 9.37 Å². The Morgan fingerprint density at radius 3 is 2.64 bits per heavy atom. The smallest absolute Gasteiger partial charge is 0.277 e. The lowest BCUT2D eigenvalue weighted by Crippen LogP contribution is -1.82. The molecule has 0 saturated heterocycles. The van der Waals surface area contributed by atoms with E-state index in [0.29, 0.717) is 16.5 Å². The number of hydrogen-bond acceptors (Lipinski definition) is 6. The van der Waals surface area contributed by atoms with Crippen LogP contribution in [-0.2, 0) is 5.75 Å². The van der Waals surface area contributed by atoms with Gasteiger partial charge in [-0.2, -0.15) is 0 Å². The third kappa shape index (κ3) is 3.62. The molecule has 0 aliphatic rings. The van der Waals surface area contributed by atoms with E-state index in [1.165, 1.54) is 17.8 Å². The van der Waals surface area contributed by atoms with Crippen molar-refractivity contribution in [3.05, 3.63) is 71.5 Å². The molecule has 0 atom stereocenters. The molecule has 0 saturated carbocycles. The molecule has 124 valence electrons. The van der Waals surface area contributed by atoms with Gasteiger partial charge in [0.1, 0.15) is 10.8 Å². The highest BCUT2D eigenvalue weighted by atomic mass is 32.2. The summed E-state index contributed by atoms with van der Waals surface area (Å²) in [5.41, 5.74) is 2.35. The second kappa shape index (κ2) is 7.16. The number of hydrogen-bond donors (Lipinski definition) is 0. The lowest BCUT2D eigenvalue weighted by Gasteiger charge is -1.96. The summed E-state index contributed by atoms with van der Waals surface area (Å²) in [6.45, 7) is 0. The molecule has 7 heteroatoms. The van der Waals surface area contributed by atoms with Crippen LogP contribution in [0.3, 0.4) is 0 Å². The first-order chi connectivity index (χ1) is 12.3. The lowest BCUT2D eigenvalue weighted by atomic mass is 10.2. The standard InChI is InChI=1S/C18H12FN3OS2/c19-15-9-5-4-8-14(15)16-21-22-18(23-16)25-11-13-10-24-17(20-13)12-6-2-1-3-7-12/h1-10H,11H2. The molecule has 0 fully saturated rings. The normalized spacial score (nSPS) is 10.9. The average Bonchev–Trinajstić information content (AvgIpc) is 3.31. The predicted molar refractivity (Wildman–Crippen MR) is 96.8 cm³/mol. The Morgan fingerprint density at radius 1 is 1.00 bits per heavy atom. The average molecular weight is 369 g/mol. The summed E-state index contributed by atoms with van der Waals surface area (Å²) in [6.07, 6.45) is 0. The number of halogens is 1. The molecule has 0 N–H and O–H groups in total. The van der Waals surface area contributed by atoms with Crippen molar-refractivity contribution >= 4 is 23.1 Å². The van der Waals surface area contributed by atoms with Crippen LogP contribution in [0.4, 0.5) is 4.39 Å². The molecule has 25 heavy (non-hydrogen) atoms. The Morgan fingerprint density at radius 2 is 1.80 bits per heavy atom. The zero-order valence-corrected chi connectivity index (χ0v) is 14.6. The summed E-state index contributed by atoms with van der Waals surface area (Å²) in [5, 5.41) is 11.3. The fourth-order valence-electron chi connectivity index (χ4n) is 2.23. The summed E-state index contributed by atoms with van der Waals surface area (Å²) < 4.78 is 19.3. The summed E-state index contributed by atoms with van der Waals surface area (Å²) in [6, 6.07) is 16.4. The van der Waals surface area contributed by atoms with Gasteiger partial charge in [0, 0.05) is 16.7 Å². The fourth-order valence-corrected chi connectivity index (χ4v) is 3.82. The minimum Gasteiger partial charge on any atom is -0.411 e. The van der Waals surface area contributed by atoms with Crippen LogP contribution in [0.5, 0.6) is 0 Å². The monoisotopic (exact) mass is 369 g/mol. The van der Waals surface area contributed by atoms with Gasteiger partial charge in [0.15, 0.2) is 0 Å². The second-order valence-corrected chi connectivity index (χ2v) is 6.94. The van der Waals surface area contributed by atoms with E-state index in [2.05, 4.69) is 15.2 Å². The Kier molecular flexibility index (Phi) is 4.58. The third-order valence-electron chi connectivity index (χ3n) is 3.43. The molecule has 0 unspecified atom stereocenters. The summed E-state index contributed by atoms with van der Waals surface area (Å²) >= 11 is 2.99. The highest BCUT2D eigenvalue weighted by Gasteiger charge is 2.13. The van der Waals surface area contributed by atoms with Gasteiger partial charge in [0.2, 0.25) is 0 Å². The van der Waals surface area contributed by atoms with E-state index in [4.69, 9.17) is 4.42 Å². The van der Waals surface area contributed by atoms with E-state index >= 15 is 0 Å². The van der Waals surface area contributed by atoms with Gasteiger partial charge in [0.25, 0.3) is 11.1 Å². The van der Waals surface area contributed by atoms with Crippen molar-refractivity contribution in [3.8, 4) is 22.0 Å². The fraction of sp³-hybridized carbons (Fsp3) is 0.0556. The van der Waals surface area contributed by atoms with Crippen molar-refractivity contribution in [1.82, 2.24) is 15.2 Å². The van der Waals surface area contributed by atoms with Crippen LogP contribution in [0, 0.1) is 5.82 Å². The van der Waals surface area contributed by atoms with E-state index in [-0.39, 0.29) is 11.7 Å². The molecule has 4 aromatic rings. The predicted octanol–water partition coefficient (Wildman–Crippen LogP) is 5.29. The van der Waals surface area contributed by atoms with E-state index in [1.807, 2.05) is 35.7 Å². The van der Waals surface area contributed by atoms with Gasteiger partial charge in [0.05, 0.1) is 11.3 Å². The van der Waals surface area contributed by atoms with Crippen LogP contribution < -0.4 is 0 Å². The maximum absolute atomic E-state index is 13.8. The number of nitrogens with zero attached hydrogens (tertiary/aromatic N) is 3. The van der Waals surface area contributed by atoms with Crippen molar-refractivity contribution in [2.24, 2.45) is 0 Å². The molecule has 2 aromatic heterocycles. The first kappa shape index (κ1) is 16.0. The van der Waals surface area contributed by atoms with Gasteiger partial charge in [-0.15, -0.1) is 21.5 Å². The summed E-state index contributed by atoms with van der Waals surface area (Å²) in [4.78, 5) is 4.62. The molecule has 0 spiro atoms. The molecule has 0 amide bonds. The van der Waals surface area contributed by atoms with Crippen LogP contribution in [0.15, 0.2) is 69.6 Å². The van der Waals surface area contributed by atoms with Gasteiger partial charge < -0.3 is 4.42 Å². The maximum atomic E-state index is 13.8. The van der Waals surface area contributed by atoms with Crippen molar-refractivity contribution in [2.75, 3.05) is 0 Å². The van der Waals surface area contributed by atoms with Crippen LogP contribution in [0.25, 0.3) is 22.0 Å². The highest BCUT2D eigenvalue weighted by Crippen LogP contribution is 2.29. The Hall–Kier alpha value is -2.51. The summed E-state index contributed by atoms with van der Waals surface area (Å²) in [5.74, 6) is 0.418. The molecule has 4 rings (SSSR count). The summed E-state index contributed by atoms with van der Waals surface area (Å²) in [7, 11) is 0. The van der Waals surface area contributed by atoms with Crippen LogP contribution in [0.2, 0.25) is 0 Å². The molecule has 0 aliphatic carbocycles. The first-order valence-electron chi connectivity index (χ1n) is 7.50. The molecule has 0 bridgehead atoms. The molecule has 2 aromatic carbocycles. The van der Waals surface area contributed by atoms with Crippen molar-refractivity contribution in [2.45, 2.75) is 11.0 Å². The van der Waals surface area contributed by atoms with Crippen LogP contribution in [-0.4, -0.2) is 15.2 Å². The van der Waals surface area contributed by atoms with Crippen molar-refractivity contribution in [1.29, 1.82) is 0 Å². The molecule has 4 nitrogen and oxygen atoms in total. The minimum atomic E-state index is -0.380. The molecular formula is C18H12FN3OS2. The first-order valence-corrected chi connectivity index (χ1v) is 9.37. The minimum absolute atomic E-state index is 0.184. The topological polar surface area (TPSA) is 51.8 Å². The SMILES string of the molecule is Fc1ccccc1-c1nnc(SCc2csc(-c3ccccc3)n2)o1. The Labute approximate surface area is 151 Å². The lowest BCUT2D eigenvalue weighted by molar-refractivity contribution is 0.462. The molecular weight excluding hydrogens is 357 g/mol. The third-order valence-corrected chi connectivity index (χ3v) is 5.22. The number of aromatic nitrogens is 3. The van der Waals surface area contributed by atoms with Crippen molar-refractivity contribution in [3.63, 3.8) is 0 Å². The van der Waals surface area contributed by atoms with Crippen molar-refractivity contribution < 1.29 is 8.81 Å². The number of rotatable bonds is 5. The Balaban J connectivity index is 1.44. The largest absolute Gasteiger partial charge is 0.411 e. The van der Waals surface area contributed by atoms with E-state index in [1.54, 1.807) is 29.5 Å². The van der Waals surface area contributed by atoms with Crippen LogP contribution in [0.1, 0.15) is 5.69 Å². The van der Waals surface area contributed by atoms with Gasteiger partial charge in [-0.3, -0.25) is 0 Å². The highest BCUT2D eigenvalue weighted by molar-refractivity contribution is 7.98. The van der Waals surface area contributed by atoms with Gasteiger partial charge in [-0.05, 0) is 12.1 Å². The van der Waals surface area contributed by atoms with Crippen LogP contribution >= 0.6 is 23.1 Å². The Bertz CT molecular complexity index is 985. The maximum Gasteiger partial charge on any atom is 0.277 e. The zero-order valence-electron chi connectivity index (χ0n) is 12.9. The number of benzene rings is 2. The quantitative estimate of drug-likeness (QED) is 0.447. The van der Waals surface area contributed by atoms with E-state index < -0.39 is 0 Å². The molecule has 0 radical (unpaired) electrons. The van der Waals surface area contributed by atoms with E-state index in [0.717, 1.165) is 16.3 Å². The zero-order chi connectivity index (χ0) is 17.1. The number of thiazole rings is 1. The van der Waals surface area contributed by atoms with Gasteiger partial charge in [-0.1, -0.05) is 54.2 Å². The van der Waals surface area contributed by atoms with E-state index in [9.17, 15) is 4.39 Å². The van der Waals surface area contributed by atoms with Gasteiger partial charge >= 0.3 is 0 Å². The molecule has 2 heterocycles. The second-order valence-electron chi connectivity index (χ2n) is 5.15. The molecule has 0 aliphatic heterocycles. The number of thioether (sulfide) groups is 1.